The fraction of sp³-hybridized carbons (Fsp3) is 0.400. The molecule has 0 atom stereocenters. The quantitative estimate of drug-likeness (QED) is 0.700. The van der Waals surface area contributed by atoms with Crippen molar-refractivity contribution in [3.8, 4) is 17.2 Å². The van der Waals surface area contributed by atoms with Gasteiger partial charge in [0.2, 0.25) is 0 Å². The number of aromatic hydroxyl groups is 2. The molecule has 0 saturated carbocycles. The summed E-state index contributed by atoms with van der Waals surface area (Å²) in [6.45, 7) is 5.69. The molecule has 3 heteroatoms. The van der Waals surface area contributed by atoms with Crippen LogP contribution in [0.5, 0.6) is 17.2 Å². The van der Waals surface area contributed by atoms with Gasteiger partial charge in [0.25, 0.3) is 0 Å². The number of hydrogen-bond acceptors (Lipinski definition) is 3. The lowest BCUT2D eigenvalue weighted by Gasteiger charge is -2.21. The van der Waals surface area contributed by atoms with E-state index in [1.54, 1.807) is 0 Å². The van der Waals surface area contributed by atoms with E-state index in [-0.39, 0.29) is 17.1 Å². The Morgan fingerprint density at radius 3 is 1.85 bits per heavy atom. The van der Waals surface area contributed by atoms with Crippen molar-refractivity contribution in [2.24, 2.45) is 0 Å². The molecule has 1 aromatic carbocycles. The lowest BCUT2D eigenvalue weighted by molar-refractivity contribution is 0.130. The van der Waals surface area contributed by atoms with E-state index >= 15 is 0 Å². The maximum absolute atomic E-state index is 9.15. The molecule has 13 heavy (non-hydrogen) atoms. The Bertz CT molecular complexity index is 279. The first kappa shape index (κ1) is 9.71. The Labute approximate surface area is 77.6 Å². The van der Waals surface area contributed by atoms with Crippen molar-refractivity contribution >= 4 is 0 Å². The predicted octanol–water partition coefficient (Wildman–Crippen LogP) is 2.28. The van der Waals surface area contributed by atoms with Gasteiger partial charge in [0.1, 0.15) is 22.8 Å². The molecule has 1 aromatic rings. The van der Waals surface area contributed by atoms with Crippen LogP contribution in [0.3, 0.4) is 0 Å². The minimum absolute atomic E-state index is 0.000694. The molecular formula is C10H14O3. The zero-order chi connectivity index (χ0) is 10.1. The topological polar surface area (TPSA) is 49.7 Å². The van der Waals surface area contributed by atoms with Gasteiger partial charge in [-0.15, -0.1) is 0 Å². The van der Waals surface area contributed by atoms with Gasteiger partial charge in [-0.3, -0.25) is 0 Å². The summed E-state index contributed by atoms with van der Waals surface area (Å²) in [6, 6.07) is 4.19. The molecule has 0 unspecified atom stereocenters. The molecule has 3 nitrogen and oxygen atoms in total. The highest BCUT2D eigenvalue weighted by atomic mass is 16.5. The number of phenolic OH excluding ortho intramolecular Hbond substituents is 2. The van der Waals surface area contributed by atoms with Crippen molar-refractivity contribution in [2.45, 2.75) is 26.4 Å². The molecule has 2 N–H and O–H groups in total. The molecule has 1 rings (SSSR count). The lowest BCUT2D eigenvalue weighted by Crippen LogP contribution is -2.22. The Balaban J connectivity index is 2.90. The van der Waals surface area contributed by atoms with Gasteiger partial charge in [-0.25, -0.2) is 0 Å². The molecule has 0 aliphatic carbocycles. The first-order valence-electron chi connectivity index (χ1n) is 4.09. The predicted molar refractivity (Wildman–Crippen MR) is 50.2 cm³/mol. The van der Waals surface area contributed by atoms with E-state index in [0.29, 0.717) is 5.75 Å². The molecule has 72 valence electrons. The lowest BCUT2D eigenvalue weighted by atomic mass is 10.2. The van der Waals surface area contributed by atoms with Crippen molar-refractivity contribution < 1.29 is 14.9 Å². The maximum Gasteiger partial charge on any atom is 0.127 e. The van der Waals surface area contributed by atoms with Crippen LogP contribution in [0.15, 0.2) is 18.2 Å². The van der Waals surface area contributed by atoms with Crippen molar-refractivity contribution in [2.75, 3.05) is 0 Å². The molecule has 0 amide bonds. The first-order chi connectivity index (χ1) is 5.87. The Hall–Kier alpha value is -1.38. The summed E-state index contributed by atoms with van der Waals surface area (Å²) in [7, 11) is 0. The average Bonchev–Trinajstić information content (AvgIpc) is 1.78. The second-order valence-corrected chi connectivity index (χ2v) is 3.90. The van der Waals surface area contributed by atoms with Crippen molar-refractivity contribution in [3.05, 3.63) is 18.2 Å². The summed E-state index contributed by atoms with van der Waals surface area (Å²) >= 11 is 0. The molecule has 0 aliphatic heterocycles. The Morgan fingerprint density at radius 2 is 1.46 bits per heavy atom. The third-order valence-corrected chi connectivity index (χ3v) is 1.30. The summed E-state index contributed by atoms with van der Waals surface area (Å²) < 4.78 is 5.44. The Kier molecular flexibility index (Phi) is 2.36. The second-order valence-electron chi connectivity index (χ2n) is 3.90. The zero-order valence-corrected chi connectivity index (χ0v) is 8.03. The van der Waals surface area contributed by atoms with Gasteiger partial charge < -0.3 is 14.9 Å². The summed E-state index contributed by atoms with van der Waals surface area (Å²) in [5.41, 5.74) is -0.333. The molecule has 0 spiro atoms. The molecule has 0 bridgehead atoms. The third-order valence-electron chi connectivity index (χ3n) is 1.30. The largest absolute Gasteiger partial charge is 0.508 e. The highest BCUT2D eigenvalue weighted by Crippen LogP contribution is 2.28. The van der Waals surface area contributed by atoms with Crippen LogP contribution in [-0.4, -0.2) is 15.8 Å². The number of phenols is 2. The third kappa shape index (κ3) is 3.23. The van der Waals surface area contributed by atoms with Crippen molar-refractivity contribution in [1.29, 1.82) is 0 Å². The van der Waals surface area contributed by atoms with E-state index in [1.807, 2.05) is 20.8 Å². The minimum atomic E-state index is -0.333. The van der Waals surface area contributed by atoms with Crippen LogP contribution in [0.2, 0.25) is 0 Å². The van der Waals surface area contributed by atoms with Crippen LogP contribution in [0.25, 0.3) is 0 Å². The monoisotopic (exact) mass is 182 g/mol. The normalized spacial score (nSPS) is 11.3. The van der Waals surface area contributed by atoms with Crippen LogP contribution in [0, 0.1) is 0 Å². The maximum atomic E-state index is 9.15. The van der Waals surface area contributed by atoms with Gasteiger partial charge in [-0.2, -0.15) is 0 Å². The first-order valence-corrected chi connectivity index (χ1v) is 4.09. The molecule has 0 fully saturated rings. The molecular weight excluding hydrogens is 168 g/mol. The summed E-state index contributed by atoms with van der Waals surface area (Å²) in [5.74, 6) is 0.462. The summed E-state index contributed by atoms with van der Waals surface area (Å²) in [6.07, 6.45) is 0. The number of hydrogen-bond donors (Lipinski definition) is 2. The number of ether oxygens (including phenoxy) is 1. The van der Waals surface area contributed by atoms with Gasteiger partial charge >= 0.3 is 0 Å². The van der Waals surface area contributed by atoms with Crippen LogP contribution in [-0.2, 0) is 0 Å². The van der Waals surface area contributed by atoms with Gasteiger partial charge in [0, 0.05) is 18.2 Å². The molecule has 0 saturated heterocycles. The van der Waals surface area contributed by atoms with Crippen molar-refractivity contribution in [3.63, 3.8) is 0 Å². The van der Waals surface area contributed by atoms with E-state index in [2.05, 4.69) is 0 Å². The highest BCUT2D eigenvalue weighted by molar-refractivity contribution is 5.40. The van der Waals surface area contributed by atoms with Gasteiger partial charge in [-0.05, 0) is 20.8 Å². The van der Waals surface area contributed by atoms with E-state index in [1.165, 1.54) is 18.2 Å². The van der Waals surface area contributed by atoms with Crippen LogP contribution in [0.1, 0.15) is 20.8 Å². The van der Waals surface area contributed by atoms with Gasteiger partial charge in [0.05, 0.1) is 0 Å². The number of benzene rings is 1. The molecule has 0 radical (unpaired) electrons. The molecule has 0 aromatic heterocycles. The van der Waals surface area contributed by atoms with Gasteiger partial charge in [-0.1, -0.05) is 0 Å². The molecule has 0 aliphatic rings. The van der Waals surface area contributed by atoms with E-state index in [4.69, 9.17) is 14.9 Å². The minimum Gasteiger partial charge on any atom is -0.508 e. The summed E-state index contributed by atoms with van der Waals surface area (Å²) in [4.78, 5) is 0. The highest BCUT2D eigenvalue weighted by Gasteiger charge is 2.12. The van der Waals surface area contributed by atoms with Crippen LogP contribution in [0.4, 0.5) is 0 Å². The van der Waals surface area contributed by atoms with E-state index in [0.717, 1.165) is 0 Å². The fourth-order valence-electron chi connectivity index (χ4n) is 0.981. The number of rotatable bonds is 1. The smallest absolute Gasteiger partial charge is 0.127 e. The van der Waals surface area contributed by atoms with E-state index < -0.39 is 0 Å². The summed E-state index contributed by atoms with van der Waals surface area (Å²) in [5, 5.41) is 18.3. The van der Waals surface area contributed by atoms with Gasteiger partial charge in [0.15, 0.2) is 0 Å². The van der Waals surface area contributed by atoms with Crippen molar-refractivity contribution in [1.82, 2.24) is 0 Å². The molecule has 0 heterocycles. The Morgan fingerprint density at radius 1 is 1.00 bits per heavy atom. The van der Waals surface area contributed by atoms with Crippen LogP contribution >= 0.6 is 0 Å². The average molecular weight is 182 g/mol. The zero-order valence-electron chi connectivity index (χ0n) is 8.03. The fourth-order valence-corrected chi connectivity index (χ4v) is 0.981. The standard InChI is InChI=1S/C10H14O3/c1-10(2,3)13-9-5-7(11)4-8(12)6-9/h4-6,11-12H,1-3H3. The SMILES string of the molecule is CC(C)(C)Oc1cc(O)cc(O)c1. The van der Waals surface area contributed by atoms with E-state index in [9.17, 15) is 0 Å². The second kappa shape index (κ2) is 3.17. The van der Waals surface area contributed by atoms with Crippen LogP contribution < -0.4 is 4.74 Å².